The van der Waals surface area contributed by atoms with Crippen LogP contribution in [0.1, 0.15) is 35.9 Å². The van der Waals surface area contributed by atoms with Crippen LogP contribution in [0.25, 0.3) is 22.4 Å². The molecule has 3 heterocycles. The molecule has 5 rings (SSSR count). The molecular formula is C24H21F3N4O3S. The fourth-order valence-corrected chi connectivity index (χ4v) is 5.93. The van der Waals surface area contributed by atoms with Crippen molar-refractivity contribution in [3.63, 3.8) is 0 Å². The first-order valence-electron chi connectivity index (χ1n) is 11.0. The minimum absolute atomic E-state index is 0.0856. The van der Waals surface area contributed by atoms with E-state index in [2.05, 4.69) is 15.2 Å². The number of piperidine rings is 1. The molecule has 0 aliphatic carbocycles. The Morgan fingerprint density at radius 3 is 2.54 bits per heavy atom. The van der Waals surface area contributed by atoms with Gasteiger partial charge in [0.05, 0.1) is 17.0 Å². The molecule has 0 radical (unpaired) electrons. The van der Waals surface area contributed by atoms with E-state index < -0.39 is 21.8 Å². The number of alkyl halides is 3. The second-order valence-electron chi connectivity index (χ2n) is 8.50. The minimum atomic E-state index is -4.44. The van der Waals surface area contributed by atoms with Crippen molar-refractivity contribution in [2.45, 2.75) is 36.8 Å². The van der Waals surface area contributed by atoms with E-state index in [0.29, 0.717) is 30.5 Å². The van der Waals surface area contributed by atoms with Crippen LogP contribution in [-0.4, -0.2) is 41.0 Å². The number of pyridine rings is 1. The van der Waals surface area contributed by atoms with Crippen LogP contribution < -0.4 is 0 Å². The average molecular weight is 503 g/mol. The molecule has 2 aromatic carbocycles. The summed E-state index contributed by atoms with van der Waals surface area (Å²) in [6, 6.07) is 13.2. The molecule has 1 aliphatic rings. The molecule has 1 saturated heterocycles. The molecule has 1 unspecified atom stereocenters. The van der Waals surface area contributed by atoms with E-state index in [1.165, 1.54) is 16.4 Å². The third-order valence-electron chi connectivity index (χ3n) is 6.07. The first-order chi connectivity index (χ1) is 16.6. The zero-order valence-electron chi connectivity index (χ0n) is 18.7. The number of hydrogen-bond donors (Lipinski definition) is 0. The van der Waals surface area contributed by atoms with Gasteiger partial charge in [0.15, 0.2) is 0 Å². The van der Waals surface area contributed by atoms with Gasteiger partial charge >= 0.3 is 6.18 Å². The van der Waals surface area contributed by atoms with E-state index in [1.807, 2.05) is 25.1 Å². The number of rotatable bonds is 4. The maximum atomic E-state index is 13.6. The van der Waals surface area contributed by atoms with Gasteiger partial charge in [0.1, 0.15) is 4.90 Å². The van der Waals surface area contributed by atoms with E-state index >= 15 is 0 Å². The summed E-state index contributed by atoms with van der Waals surface area (Å²) in [5.41, 5.74) is 0.733. The summed E-state index contributed by atoms with van der Waals surface area (Å²) in [5, 5.41) is 8.78. The number of sulfonamides is 1. The molecular weight excluding hydrogens is 481 g/mol. The molecule has 7 nitrogen and oxygen atoms in total. The first kappa shape index (κ1) is 23.4. The Morgan fingerprint density at radius 1 is 1.03 bits per heavy atom. The van der Waals surface area contributed by atoms with E-state index in [-0.39, 0.29) is 29.1 Å². The van der Waals surface area contributed by atoms with Gasteiger partial charge in [-0.15, -0.1) is 10.2 Å². The van der Waals surface area contributed by atoms with Gasteiger partial charge in [0, 0.05) is 29.7 Å². The van der Waals surface area contributed by atoms with Crippen LogP contribution in [0.5, 0.6) is 0 Å². The Labute approximate surface area is 199 Å². The number of halogens is 3. The third kappa shape index (κ3) is 4.53. The van der Waals surface area contributed by atoms with E-state index in [4.69, 9.17) is 4.42 Å². The van der Waals surface area contributed by atoms with Crippen molar-refractivity contribution < 1.29 is 26.0 Å². The van der Waals surface area contributed by atoms with Crippen molar-refractivity contribution in [3.05, 3.63) is 71.7 Å². The molecule has 1 atom stereocenters. The van der Waals surface area contributed by atoms with Gasteiger partial charge in [-0.3, -0.25) is 4.98 Å². The minimum Gasteiger partial charge on any atom is -0.420 e. The number of nitrogens with zero attached hydrogens (tertiary/aromatic N) is 4. The normalized spacial score (nSPS) is 17.7. The van der Waals surface area contributed by atoms with E-state index in [9.17, 15) is 21.6 Å². The maximum Gasteiger partial charge on any atom is 0.416 e. The summed E-state index contributed by atoms with van der Waals surface area (Å²) in [6.07, 6.45) is -3.19. The third-order valence-corrected chi connectivity index (χ3v) is 7.97. The summed E-state index contributed by atoms with van der Waals surface area (Å²) < 4.78 is 72.7. The lowest BCUT2D eigenvalue weighted by Gasteiger charge is -2.30. The zero-order chi connectivity index (χ0) is 24.8. The van der Waals surface area contributed by atoms with E-state index in [1.54, 1.807) is 12.1 Å². The maximum absolute atomic E-state index is 13.6. The highest BCUT2D eigenvalue weighted by molar-refractivity contribution is 7.89. The summed E-state index contributed by atoms with van der Waals surface area (Å²) in [4.78, 5) is 4.60. The summed E-state index contributed by atoms with van der Waals surface area (Å²) in [6.45, 7) is 2.31. The van der Waals surface area contributed by atoms with Crippen LogP contribution in [0.3, 0.4) is 0 Å². The molecule has 182 valence electrons. The largest absolute Gasteiger partial charge is 0.420 e. The summed E-state index contributed by atoms with van der Waals surface area (Å²) in [5.74, 6) is 0.00742. The fourth-order valence-electron chi connectivity index (χ4n) is 4.24. The molecule has 0 N–H and O–H groups in total. The van der Waals surface area contributed by atoms with Gasteiger partial charge in [0.25, 0.3) is 0 Å². The molecule has 11 heteroatoms. The Hall–Kier alpha value is -3.31. The number of benzene rings is 2. The van der Waals surface area contributed by atoms with Crippen molar-refractivity contribution in [3.8, 4) is 11.5 Å². The Kier molecular flexibility index (Phi) is 5.84. The van der Waals surface area contributed by atoms with Gasteiger partial charge in [-0.1, -0.05) is 18.2 Å². The molecule has 1 fully saturated rings. The van der Waals surface area contributed by atoms with Crippen molar-refractivity contribution >= 4 is 20.9 Å². The molecule has 0 amide bonds. The summed E-state index contributed by atoms with van der Waals surface area (Å²) in [7, 11) is -3.84. The molecule has 0 bridgehead atoms. The Bertz CT molecular complexity index is 1480. The smallest absolute Gasteiger partial charge is 0.416 e. The average Bonchev–Trinajstić information content (AvgIpc) is 3.34. The van der Waals surface area contributed by atoms with Crippen LogP contribution in [0, 0.1) is 6.92 Å². The van der Waals surface area contributed by atoms with Gasteiger partial charge in [-0.25, -0.2) is 8.42 Å². The van der Waals surface area contributed by atoms with Crippen LogP contribution in [-0.2, 0) is 16.2 Å². The predicted molar refractivity (Wildman–Crippen MR) is 122 cm³/mol. The van der Waals surface area contributed by atoms with Gasteiger partial charge in [0.2, 0.25) is 21.8 Å². The molecule has 0 saturated carbocycles. The van der Waals surface area contributed by atoms with Crippen molar-refractivity contribution in [1.82, 2.24) is 19.5 Å². The standard InChI is InChI=1S/C24H21F3N4O3S/c1-15-7-8-16-4-2-6-20(21(16)28-15)35(32,33)31-13-3-5-18(14-31)23-30-29-22(34-23)17-9-11-19(12-10-17)24(25,26)27/h2,4,6-12,18H,3,5,13-14H2,1H3. The number of aromatic nitrogens is 3. The quantitative estimate of drug-likeness (QED) is 0.382. The number of para-hydroxylation sites is 1. The lowest BCUT2D eigenvalue weighted by molar-refractivity contribution is -0.137. The molecule has 4 aromatic rings. The highest BCUT2D eigenvalue weighted by atomic mass is 32.2. The Balaban J connectivity index is 1.39. The molecule has 0 spiro atoms. The van der Waals surface area contributed by atoms with Crippen LogP contribution in [0.4, 0.5) is 13.2 Å². The first-order valence-corrected chi connectivity index (χ1v) is 12.4. The number of hydrogen-bond acceptors (Lipinski definition) is 6. The lowest BCUT2D eigenvalue weighted by Crippen LogP contribution is -2.39. The predicted octanol–water partition coefficient (Wildman–Crippen LogP) is 5.18. The highest BCUT2D eigenvalue weighted by Crippen LogP contribution is 2.34. The summed E-state index contributed by atoms with van der Waals surface area (Å²) >= 11 is 0. The molecule has 35 heavy (non-hydrogen) atoms. The number of fused-ring (bicyclic) bond motifs is 1. The number of aryl methyl sites for hydroxylation is 1. The SMILES string of the molecule is Cc1ccc2cccc(S(=O)(=O)N3CCCC(c4nnc(-c5ccc(C(F)(F)F)cc5)o4)C3)c2n1. The fraction of sp³-hybridized carbons (Fsp3) is 0.292. The monoisotopic (exact) mass is 502 g/mol. The lowest BCUT2D eigenvalue weighted by atomic mass is 10.00. The van der Waals surface area contributed by atoms with Crippen molar-refractivity contribution in [2.75, 3.05) is 13.1 Å². The van der Waals surface area contributed by atoms with Gasteiger partial charge in [-0.2, -0.15) is 17.5 Å². The topological polar surface area (TPSA) is 89.2 Å². The van der Waals surface area contributed by atoms with Crippen LogP contribution in [0.2, 0.25) is 0 Å². The Morgan fingerprint density at radius 2 is 1.80 bits per heavy atom. The zero-order valence-corrected chi connectivity index (χ0v) is 19.5. The second kappa shape index (κ2) is 8.72. The van der Waals surface area contributed by atoms with Crippen molar-refractivity contribution in [1.29, 1.82) is 0 Å². The van der Waals surface area contributed by atoms with Crippen molar-refractivity contribution in [2.24, 2.45) is 0 Å². The second-order valence-corrected chi connectivity index (χ2v) is 10.4. The van der Waals surface area contributed by atoms with Crippen LogP contribution in [0.15, 0.2) is 63.9 Å². The molecule has 1 aliphatic heterocycles. The van der Waals surface area contributed by atoms with Gasteiger partial charge < -0.3 is 4.42 Å². The van der Waals surface area contributed by atoms with Gasteiger partial charge in [-0.05, 0) is 56.2 Å². The van der Waals surface area contributed by atoms with Crippen LogP contribution >= 0.6 is 0 Å². The highest BCUT2D eigenvalue weighted by Gasteiger charge is 2.35. The van der Waals surface area contributed by atoms with E-state index in [0.717, 1.165) is 23.2 Å². The molecule has 2 aromatic heterocycles.